The molecule has 0 aliphatic rings. The first-order valence-corrected chi connectivity index (χ1v) is 11.4. The Morgan fingerprint density at radius 3 is 2.29 bits per heavy atom. The summed E-state index contributed by atoms with van der Waals surface area (Å²) in [6.45, 7) is 3.95. The van der Waals surface area contributed by atoms with E-state index in [9.17, 15) is 8.78 Å². The quantitative estimate of drug-likeness (QED) is 0.304. The van der Waals surface area contributed by atoms with E-state index in [0.29, 0.717) is 10.7 Å². The standard InChI is InChI=1S/C28H23B2ClF2N2/c1-16-6-7-19(18-4-3-5-21(12-18)34-17(2)29)13-24(16)28(30)23-10-9-22(15-25(23)31)35-27-11-8-20(32)14-26(27)33/h3-15,29-30,34-35H,1-2H3. The van der Waals surface area contributed by atoms with Crippen LogP contribution in [0.25, 0.3) is 11.1 Å². The molecule has 0 unspecified atom stereocenters. The molecular weight excluding hydrogens is 459 g/mol. The van der Waals surface area contributed by atoms with Crippen molar-refractivity contribution in [2.45, 2.75) is 13.8 Å². The van der Waals surface area contributed by atoms with E-state index in [0.717, 1.165) is 50.6 Å². The molecular formula is C28H23B2ClF2N2. The summed E-state index contributed by atoms with van der Waals surface area (Å²) in [6, 6.07) is 23.1. The van der Waals surface area contributed by atoms with Crippen molar-refractivity contribution in [1.29, 1.82) is 0 Å². The number of halogens is 3. The minimum absolute atomic E-state index is 0.168. The average molecular weight is 483 g/mol. The van der Waals surface area contributed by atoms with Crippen molar-refractivity contribution in [1.82, 2.24) is 0 Å². The predicted octanol–water partition coefficient (Wildman–Crippen LogP) is 6.27. The van der Waals surface area contributed by atoms with E-state index >= 15 is 0 Å². The van der Waals surface area contributed by atoms with E-state index in [-0.39, 0.29) is 5.69 Å². The minimum atomic E-state index is -0.676. The average Bonchev–Trinajstić information content (AvgIpc) is 2.81. The van der Waals surface area contributed by atoms with Crippen molar-refractivity contribution >= 4 is 54.7 Å². The molecule has 4 aromatic rings. The van der Waals surface area contributed by atoms with E-state index < -0.39 is 11.6 Å². The molecule has 0 heterocycles. The van der Waals surface area contributed by atoms with E-state index in [1.807, 2.05) is 32.0 Å². The number of hydrogen-bond donors (Lipinski definition) is 2. The number of aryl methyl sites for hydroxylation is 1. The molecule has 172 valence electrons. The topological polar surface area (TPSA) is 24.1 Å². The van der Waals surface area contributed by atoms with Gasteiger partial charge in [-0.15, -0.1) is 0 Å². The van der Waals surface area contributed by atoms with Crippen molar-refractivity contribution in [2.75, 3.05) is 10.6 Å². The normalized spacial score (nSPS) is 10.6. The molecule has 0 amide bonds. The molecule has 2 nitrogen and oxygen atoms in total. The number of benzene rings is 4. The van der Waals surface area contributed by atoms with Crippen LogP contribution in [0.15, 0.2) is 78.9 Å². The summed E-state index contributed by atoms with van der Waals surface area (Å²) >= 11 is 6.61. The second kappa shape index (κ2) is 10.4. The fraction of sp³-hybridized carbons (Fsp3) is 0.0714. The molecule has 35 heavy (non-hydrogen) atoms. The molecule has 7 heteroatoms. The SMILES string of the molecule is B=C(C)Nc1cccc(-c2ccc(C)c(C(=B)c3ccc(Nc4ccc(F)cc4F)cc3Cl)c2)c1. The van der Waals surface area contributed by atoms with Crippen LogP contribution in [-0.4, -0.2) is 26.0 Å². The van der Waals surface area contributed by atoms with E-state index in [4.69, 9.17) is 11.6 Å². The Bertz CT molecular complexity index is 1450. The molecule has 0 saturated carbocycles. The summed E-state index contributed by atoms with van der Waals surface area (Å²) in [5.41, 5.74) is 8.32. The maximum atomic E-state index is 14.0. The van der Waals surface area contributed by atoms with E-state index in [1.165, 1.54) is 12.1 Å². The van der Waals surface area contributed by atoms with Crippen LogP contribution in [-0.2, 0) is 0 Å². The van der Waals surface area contributed by atoms with Gasteiger partial charge >= 0.3 is 211 Å². The second-order valence-electron chi connectivity index (χ2n) is 8.44. The third kappa shape index (κ3) is 5.77. The van der Waals surface area contributed by atoms with Gasteiger partial charge in [0.25, 0.3) is 0 Å². The van der Waals surface area contributed by atoms with Gasteiger partial charge in [-0.25, -0.2) is 0 Å². The number of hydrogen-bond acceptors (Lipinski definition) is 2. The van der Waals surface area contributed by atoms with Gasteiger partial charge in [-0.1, -0.05) is 0 Å². The van der Waals surface area contributed by atoms with Crippen LogP contribution in [0, 0.1) is 18.6 Å². The molecule has 4 aromatic carbocycles. The van der Waals surface area contributed by atoms with Gasteiger partial charge in [-0.05, 0) is 0 Å². The fourth-order valence-electron chi connectivity index (χ4n) is 3.88. The molecule has 0 fully saturated rings. The summed E-state index contributed by atoms with van der Waals surface area (Å²) in [7, 11) is 8.22. The second-order valence-corrected chi connectivity index (χ2v) is 8.85. The summed E-state index contributed by atoms with van der Waals surface area (Å²) in [4.78, 5) is 0. The van der Waals surface area contributed by atoms with Crippen LogP contribution in [0.3, 0.4) is 0 Å². The number of rotatable bonds is 7. The van der Waals surface area contributed by atoms with Gasteiger partial charge in [-0.3, -0.25) is 0 Å². The molecule has 0 aliphatic heterocycles. The zero-order chi connectivity index (χ0) is 25.1. The Morgan fingerprint density at radius 2 is 1.57 bits per heavy atom. The first kappa shape index (κ1) is 24.6. The Balaban J connectivity index is 1.62. The van der Waals surface area contributed by atoms with Gasteiger partial charge in [0, 0.05) is 0 Å². The van der Waals surface area contributed by atoms with Crippen LogP contribution in [0.4, 0.5) is 25.8 Å². The molecule has 0 spiro atoms. The van der Waals surface area contributed by atoms with Gasteiger partial charge in [0.15, 0.2) is 0 Å². The maximum absolute atomic E-state index is 14.0. The molecule has 0 atom stereocenters. The summed E-state index contributed by atoms with van der Waals surface area (Å²) in [6.07, 6.45) is 0. The third-order valence-electron chi connectivity index (χ3n) is 5.62. The Hall–Kier alpha value is -3.50. The van der Waals surface area contributed by atoms with Crippen LogP contribution < -0.4 is 10.6 Å². The summed E-state index contributed by atoms with van der Waals surface area (Å²) < 4.78 is 27.2. The first-order valence-electron chi connectivity index (χ1n) is 11.1. The van der Waals surface area contributed by atoms with Crippen LogP contribution in [0.2, 0.25) is 5.02 Å². The molecule has 2 N–H and O–H groups in total. The monoisotopic (exact) mass is 482 g/mol. The van der Waals surface area contributed by atoms with Crippen molar-refractivity contribution < 1.29 is 8.78 Å². The van der Waals surface area contributed by atoms with Crippen LogP contribution in [0.5, 0.6) is 0 Å². The Kier molecular flexibility index (Phi) is 7.32. The Labute approximate surface area is 211 Å². The van der Waals surface area contributed by atoms with Crippen molar-refractivity contribution in [3.63, 3.8) is 0 Å². The summed E-state index contributed by atoms with van der Waals surface area (Å²) in [5.74, 6) is -1.31. The molecule has 0 bridgehead atoms. The fourth-order valence-corrected chi connectivity index (χ4v) is 4.17. The number of anilines is 3. The van der Waals surface area contributed by atoms with Gasteiger partial charge in [-0.2, -0.15) is 0 Å². The zero-order valence-electron chi connectivity index (χ0n) is 19.6. The molecule has 0 saturated heterocycles. The van der Waals surface area contributed by atoms with Crippen LogP contribution >= 0.6 is 11.6 Å². The van der Waals surface area contributed by atoms with Crippen LogP contribution in [0.1, 0.15) is 23.6 Å². The molecule has 0 aliphatic carbocycles. The van der Waals surface area contributed by atoms with Gasteiger partial charge in [0.1, 0.15) is 0 Å². The van der Waals surface area contributed by atoms with Crippen molar-refractivity contribution in [2.24, 2.45) is 0 Å². The predicted molar refractivity (Wildman–Crippen MR) is 150 cm³/mol. The molecule has 0 radical (unpaired) electrons. The Morgan fingerprint density at radius 1 is 0.800 bits per heavy atom. The number of nitrogens with one attached hydrogen (secondary N) is 2. The van der Waals surface area contributed by atoms with Gasteiger partial charge in [0.05, 0.1) is 0 Å². The molecule has 0 aromatic heterocycles. The van der Waals surface area contributed by atoms with Gasteiger partial charge < -0.3 is 0 Å². The zero-order valence-corrected chi connectivity index (χ0v) is 20.3. The first-order chi connectivity index (χ1) is 16.7. The third-order valence-corrected chi connectivity index (χ3v) is 5.93. The van der Waals surface area contributed by atoms with E-state index in [1.54, 1.807) is 12.1 Å². The van der Waals surface area contributed by atoms with Crippen molar-refractivity contribution in [3.8, 4) is 11.1 Å². The van der Waals surface area contributed by atoms with E-state index in [2.05, 4.69) is 55.9 Å². The van der Waals surface area contributed by atoms with Crippen molar-refractivity contribution in [3.05, 3.63) is 112 Å². The van der Waals surface area contributed by atoms with Gasteiger partial charge in [0.2, 0.25) is 0 Å². The summed E-state index contributed by atoms with van der Waals surface area (Å²) in [5, 5.41) is 6.66. The molecule has 4 rings (SSSR count).